The zero-order chi connectivity index (χ0) is 12.8. The van der Waals surface area contributed by atoms with Gasteiger partial charge in [0.25, 0.3) is 0 Å². The van der Waals surface area contributed by atoms with Gasteiger partial charge in [-0.1, -0.05) is 6.07 Å². The molecule has 0 spiro atoms. The predicted octanol–water partition coefficient (Wildman–Crippen LogP) is 3.26. The first-order chi connectivity index (χ1) is 8.08. The summed E-state index contributed by atoms with van der Waals surface area (Å²) in [4.78, 5) is 11.3. The maximum atomic E-state index is 11.3. The SMILES string of the molecule is CCOC(=O)CCc1cc(C)c(OC)c(Br)c1. The van der Waals surface area contributed by atoms with Gasteiger partial charge in [-0.25, -0.2) is 0 Å². The molecule has 1 aromatic rings. The maximum Gasteiger partial charge on any atom is 0.306 e. The van der Waals surface area contributed by atoms with Crippen molar-refractivity contribution in [3.63, 3.8) is 0 Å². The maximum absolute atomic E-state index is 11.3. The molecule has 0 N–H and O–H groups in total. The van der Waals surface area contributed by atoms with Crippen LogP contribution in [-0.4, -0.2) is 19.7 Å². The molecule has 17 heavy (non-hydrogen) atoms. The molecule has 0 aliphatic rings. The van der Waals surface area contributed by atoms with Crippen molar-refractivity contribution in [1.29, 1.82) is 0 Å². The van der Waals surface area contributed by atoms with Gasteiger partial charge < -0.3 is 9.47 Å². The van der Waals surface area contributed by atoms with Crippen molar-refractivity contribution < 1.29 is 14.3 Å². The first-order valence-electron chi connectivity index (χ1n) is 5.57. The fourth-order valence-corrected chi connectivity index (χ4v) is 2.45. The van der Waals surface area contributed by atoms with E-state index >= 15 is 0 Å². The summed E-state index contributed by atoms with van der Waals surface area (Å²) in [6.45, 7) is 4.23. The Morgan fingerprint density at radius 3 is 2.65 bits per heavy atom. The Kier molecular flexibility index (Phi) is 5.48. The lowest BCUT2D eigenvalue weighted by molar-refractivity contribution is -0.143. The normalized spacial score (nSPS) is 10.1. The van der Waals surface area contributed by atoms with Gasteiger partial charge in [-0.3, -0.25) is 4.79 Å². The number of ether oxygens (including phenoxy) is 2. The molecule has 0 unspecified atom stereocenters. The van der Waals surface area contributed by atoms with Gasteiger partial charge in [0.15, 0.2) is 0 Å². The van der Waals surface area contributed by atoms with Gasteiger partial charge in [0.05, 0.1) is 18.2 Å². The second-order valence-corrected chi connectivity index (χ2v) is 4.59. The van der Waals surface area contributed by atoms with Crippen molar-refractivity contribution in [3.05, 3.63) is 27.7 Å². The summed E-state index contributed by atoms with van der Waals surface area (Å²) < 4.78 is 11.1. The van der Waals surface area contributed by atoms with Crippen LogP contribution >= 0.6 is 15.9 Å². The summed E-state index contributed by atoms with van der Waals surface area (Å²) in [5.41, 5.74) is 2.16. The van der Waals surface area contributed by atoms with E-state index in [9.17, 15) is 4.79 Å². The first-order valence-corrected chi connectivity index (χ1v) is 6.36. The third-order valence-corrected chi connectivity index (χ3v) is 3.01. The Balaban J connectivity index is 2.70. The third kappa shape index (κ3) is 4.04. The summed E-state index contributed by atoms with van der Waals surface area (Å²) in [6.07, 6.45) is 1.09. The largest absolute Gasteiger partial charge is 0.495 e. The fraction of sp³-hybridized carbons (Fsp3) is 0.462. The molecule has 0 saturated carbocycles. The number of esters is 1. The minimum Gasteiger partial charge on any atom is -0.495 e. The monoisotopic (exact) mass is 300 g/mol. The van der Waals surface area contributed by atoms with Crippen molar-refractivity contribution in [1.82, 2.24) is 0 Å². The van der Waals surface area contributed by atoms with Crippen LogP contribution in [0.3, 0.4) is 0 Å². The molecule has 0 aliphatic carbocycles. The van der Waals surface area contributed by atoms with E-state index in [-0.39, 0.29) is 5.97 Å². The van der Waals surface area contributed by atoms with Crippen molar-refractivity contribution in [3.8, 4) is 5.75 Å². The zero-order valence-electron chi connectivity index (χ0n) is 10.4. The molecule has 1 rings (SSSR count). The number of hydrogen-bond donors (Lipinski definition) is 0. The highest BCUT2D eigenvalue weighted by Gasteiger charge is 2.08. The standard InChI is InChI=1S/C13H17BrO3/c1-4-17-12(15)6-5-10-7-9(2)13(16-3)11(14)8-10/h7-8H,4-6H2,1-3H3. The quantitative estimate of drug-likeness (QED) is 0.783. The molecule has 0 heterocycles. The Labute approximate surface area is 110 Å². The topological polar surface area (TPSA) is 35.5 Å². The summed E-state index contributed by atoms with van der Waals surface area (Å²) in [6, 6.07) is 4.01. The molecule has 0 bridgehead atoms. The molecular weight excluding hydrogens is 284 g/mol. The van der Waals surface area contributed by atoms with Crippen LogP contribution in [0, 0.1) is 6.92 Å². The number of halogens is 1. The smallest absolute Gasteiger partial charge is 0.306 e. The van der Waals surface area contributed by atoms with Crippen molar-refractivity contribution >= 4 is 21.9 Å². The number of hydrogen-bond acceptors (Lipinski definition) is 3. The Bertz CT molecular complexity index is 379. The van der Waals surface area contributed by atoms with Gasteiger partial charge >= 0.3 is 5.97 Å². The highest BCUT2D eigenvalue weighted by atomic mass is 79.9. The molecule has 0 aliphatic heterocycles. The highest BCUT2D eigenvalue weighted by Crippen LogP contribution is 2.30. The Morgan fingerprint density at radius 2 is 2.12 bits per heavy atom. The zero-order valence-corrected chi connectivity index (χ0v) is 12.0. The fourth-order valence-electron chi connectivity index (χ4n) is 1.68. The van der Waals surface area contributed by atoms with Gasteiger partial charge in [0, 0.05) is 6.42 Å². The summed E-state index contributed by atoms with van der Waals surface area (Å²) in [5, 5.41) is 0. The van der Waals surface area contributed by atoms with E-state index in [0.717, 1.165) is 21.3 Å². The van der Waals surface area contributed by atoms with E-state index in [2.05, 4.69) is 15.9 Å². The van der Waals surface area contributed by atoms with Gasteiger partial charge in [-0.05, 0) is 53.4 Å². The molecule has 0 fully saturated rings. The van der Waals surface area contributed by atoms with Gasteiger partial charge in [-0.2, -0.15) is 0 Å². The van der Waals surface area contributed by atoms with Crippen molar-refractivity contribution in [2.75, 3.05) is 13.7 Å². The van der Waals surface area contributed by atoms with Crippen LogP contribution in [0.5, 0.6) is 5.75 Å². The average Bonchev–Trinajstić information content (AvgIpc) is 2.26. The van der Waals surface area contributed by atoms with Crippen LogP contribution in [-0.2, 0) is 16.0 Å². The number of carbonyl (C=O) groups excluding carboxylic acids is 1. The minimum atomic E-state index is -0.155. The molecule has 0 amide bonds. The van der Waals surface area contributed by atoms with E-state index < -0.39 is 0 Å². The number of carbonyl (C=O) groups is 1. The number of methoxy groups -OCH3 is 1. The molecule has 0 aromatic heterocycles. The minimum absolute atomic E-state index is 0.155. The molecule has 0 saturated heterocycles. The van der Waals surface area contributed by atoms with E-state index in [1.54, 1.807) is 7.11 Å². The average molecular weight is 301 g/mol. The summed E-state index contributed by atoms with van der Waals surface area (Å²) in [5.74, 6) is 0.682. The molecule has 94 valence electrons. The van der Waals surface area contributed by atoms with Crippen LogP contribution < -0.4 is 4.74 Å². The second-order valence-electron chi connectivity index (χ2n) is 3.73. The molecule has 3 nitrogen and oxygen atoms in total. The lowest BCUT2D eigenvalue weighted by Crippen LogP contribution is -2.05. The lowest BCUT2D eigenvalue weighted by atomic mass is 10.1. The Morgan fingerprint density at radius 1 is 1.41 bits per heavy atom. The first kappa shape index (κ1) is 14.0. The molecule has 1 aromatic carbocycles. The van der Waals surface area contributed by atoms with E-state index in [1.165, 1.54) is 0 Å². The highest BCUT2D eigenvalue weighted by molar-refractivity contribution is 9.10. The predicted molar refractivity (Wildman–Crippen MR) is 70.4 cm³/mol. The molecule has 0 radical (unpaired) electrons. The van der Waals surface area contributed by atoms with Crippen molar-refractivity contribution in [2.24, 2.45) is 0 Å². The molecule has 4 heteroatoms. The lowest BCUT2D eigenvalue weighted by Gasteiger charge is -2.10. The van der Waals surface area contributed by atoms with Crippen LogP contribution in [0.2, 0.25) is 0 Å². The third-order valence-electron chi connectivity index (χ3n) is 2.42. The van der Waals surface area contributed by atoms with Gasteiger partial charge in [0.2, 0.25) is 0 Å². The van der Waals surface area contributed by atoms with Crippen LogP contribution in [0.4, 0.5) is 0 Å². The van der Waals surface area contributed by atoms with Gasteiger partial charge in [0.1, 0.15) is 5.75 Å². The van der Waals surface area contributed by atoms with E-state index in [4.69, 9.17) is 9.47 Å². The summed E-state index contributed by atoms with van der Waals surface area (Å²) in [7, 11) is 1.64. The van der Waals surface area contributed by atoms with Gasteiger partial charge in [-0.15, -0.1) is 0 Å². The molecular formula is C13H17BrO3. The number of rotatable bonds is 5. The van der Waals surface area contributed by atoms with Crippen LogP contribution in [0.15, 0.2) is 16.6 Å². The summed E-state index contributed by atoms with van der Waals surface area (Å²) >= 11 is 3.45. The second kappa shape index (κ2) is 6.64. The molecule has 0 atom stereocenters. The number of aryl methyl sites for hydroxylation is 2. The van der Waals surface area contributed by atoms with E-state index in [1.807, 2.05) is 26.0 Å². The van der Waals surface area contributed by atoms with E-state index in [0.29, 0.717) is 19.4 Å². The Hall–Kier alpha value is -1.03. The van der Waals surface area contributed by atoms with Crippen LogP contribution in [0.25, 0.3) is 0 Å². The van der Waals surface area contributed by atoms with Crippen LogP contribution in [0.1, 0.15) is 24.5 Å². The van der Waals surface area contributed by atoms with Crippen molar-refractivity contribution in [2.45, 2.75) is 26.7 Å². The number of benzene rings is 1.